The average Bonchev–Trinajstić information content (AvgIpc) is 2.33. The van der Waals surface area contributed by atoms with Crippen molar-refractivity contribution >= 4 is 5.97 Å². The van der Waals surface area contributed by atoms with Gasteiger partial charge in [-0.2, -0.15) is 0 Å². The molecule has 4 nitrogen and oxygen atoms in total. The molecule has 0 aromatic carbocycles. The second kappa shape index (κ2) is 6.92. The lowest BCUT2D eigenvalue weighted by Crippen LogP contribution is -2.26. The van der Waals surface area contributed by atoms with Crippen LogP contribution in [0.2, 0.25) is 0 Å². The topological polar surface area (TPSA) is 48.3 Å². The monoisotopic (exact) mass is 263 g/mol. The Hall–Kier alpha value is -1.84. The van der Waals surface area contributed by atoms with Gasteiger partial charge in [0, 0.05) is 18.3 Å². The largest absolute Gasteiger partial charge is 0.462 e. The van der Waals surface area contributed by atoms with E-state index in [2.05, 4.69) is 0 Å². The van der Waals surface area contributed by atoms with Gasteiger partial charge < -0.3 is 9.30 Å². The SMILES string of the molecule is C/C=C/CCn1c(C)c(C(=O)OCC)c(C)cc1=O. The molecule has 0 aliphatic carbocycles. The maximum Gasteiger partial charge on any atom is 0.340 e. The fourth-order valence-electron chi connectivity index (χ4n) is 2.08. The van der Waals surface area contributed by atoms with E-state index in [0.717, 1.165) is 6.42 Å². The minimum atomic E-state index is -0.364. The second-order valence-electron chi connectivity index (χ2n) is 4.36. The Balaban J connectivity index is 3.22. The van der Waals surface area contributed by atoms with Gasteiger partial charge in [0.15, 0.2) is 0 Å². The van der Waals surface area contributed by atoms with Crippen molar-refractivity contribution in [3.63, 3.8) is 0 Å². The molecule has 0 atom stereocenters. The van der Waals surface area contributed by atoms with Gasteiger partial charge >= 0.3 is 5.97 Å². The zero-order valence-corrected chi connectivity index (χ0v) is 12.0. The van der Waals surface area contributed by atoms with Crippen molar-refractivity contribution in [2.24, 2.45) is 0 Å². The Morgan fingerprint density at radius 3 is 2.68 bits per heavy atom. The number of hydrogen-bond donors (Lipinski definition) is 0. The molecule has 0 aliphatic rings. The highest BCUT2D eigenvalue weighted by atomic mass is 16.5. The zero-order chi connectivity index (χ0) is 14.4. The van der Waals surface area contributed by atoms with E-state index in [1.807, 2.05) is 19.1 Å². The summed E-state index contributed by atoms with van der Waals surface area (Å²) in [6, 6.07) is 1.49. The Labute approximate surface area is 113 Å². The van der Waals surface area contributed by atoms with Crippen LogP contribution in [0.1, 0.15) is 41.9 Å². The zero-order valence-electron chi connectivity index (χ0n) is 12.0. The standard InChI is InChI=1S/C15H21NO3/c1-5-7-8-9-16-12(4)14(15(18)19-6-2)11(3)10-13(16)17/h5,7,10H,6,8-9H2,1-4H3/b7-5+. The number of rotatable bonds is 5. The number of nitrogens with zero attached hydrogens (tertiary/aromatic N) is 1. The van der Waals surface area contributed by atoms with E-state index in [-0.39, 0.29) is 11.5 Å². The Morgan fingerprint density at radius 1 is 1.42 bits per heavy atom. The summed E-state index contributed by atoms with van der Waals surface area (Å²) in [6.07, 6.45) is 4.71. The molecule has 1 heterocycles. The van der Waals surface area contributed by atoms with E-state index in [1.54, 1.807) is 25.3 Å². The summed E-state index contributed by atoms with van der Waals surface area (Å²) in [5, 5.41) is 0. The van der Waals surface area contributed by atoms with Crippen LogP contribution in [0, 0.1) is 13.8 Å². The molecular weight excluding hydrogens is 242 g/mol. The number of esters is 1. The van der Waals surface area contributed by atoms with E-state index >= 15 is 0 Å². The van der Waals surface area contributed by atoms with Crippen molar-refractivity contribution < 1.29 is 9.53 Å². The van der Waals surface area contributed by atoms with Gasteiger partial charge in [-0.25, -0.2) is 4.79 Å². The second-order valence-corrected chi connectivity index (χ2v) is 4.36. The molecule has 0 N–H and O–H groups in total. The minimum absolute atomic E-state index is 0.0763. The van der Waals surface area contributed by atoms with Crippen LogP contribution in [-0.2, 0) is 11.3 Å². The van der Waals surface area contributed by atoms with E-state index < -0.39 is 0 Å². The lowest BCUT2D eigenvalue weighted by Gasteiger charge is -2.14. The van der Waals surface area contributed by atoms with Crippen LogP contribution in [0.4, 0.5) is 0 Å². The number of carbonyl (C=O) groups excluding carboxylic acids is 1. The average molecular weight is 263 g/mol. The molecule has 0 saturated carbocycles. The molecule has 19 heavy (non-hydrogen) atoms. The van der Waals surface area contributed by atoms with Crippen LogP contribution in [0.25, 0.3) is 0 Å². The third kappa shape index (κ3) is 3.56. The molecule has 0 spiro atoms. The Bertz CT molecular complexity index is 541. The predicted octanol–water partition coefficient (Wildman–Crippen LogP) is 2.61. The fraction of sp³-hybridized carbons (Fsp3) is 0.467. The predicted molar refractivity (Wildman–Crippen MR) is 75.6 cm³/mol. The highest BCUT2D eigenvalue weighted by molar-refractivity contribution is 5.92. The van der Waals surface area contributed by atoms with Gasteiger partial charge in [-0.05, 0) is 39.7 Å². The first kappa shape index (κ1) is 15.2. The van der Waals surface area contributed by atoms with Gasteiger partial charge in [-0.15, -0.1) is 0 Å². The number of carbonyl (C=O) groups is 1. The van der Waals surface area contributed by atoms with Gasteiger partial charge in [-0.3, -0.25) is 4.79 Å². The van der Waals surface area contributed by atoms with Crippen LogP contribution in [-0.4, -0.2) is 17.1 Å². The van der Waals surface area contributed by atoms with Crippen LogP contribution in [0.15, 0.2) is 23.0 Å². The van der Waals surface area contributed by atoms with Crippen molar-refractivity contribution in [2.45, 2.75) is 40.7 Å². The smallest absolute Gasteiger partial charge is 0.340 e. The van der Waals surface area contributed by atoms with Gasteiger partial charge in [0.25, 0.3) is 5.56 Å². The molecule has 0 fully saturated rings. The van der Waals surface area contributed by atoms with Crippen LogP contribution in [0.5, 0.6) is 0 Å². The first-order chi connectivity index (χ1) is 9.02. The van der Waals surface area contributed by atoms with Gasteiger partial charge in [0.1, 0.15) is 0 Å². The summed E-state index contributed by atoms with van der Waals surface area (Å²) in [5.74, 6) is -0.364. The third-order valence-corrected chi connectivity index (χ3v) is 3.00. The maximum absolute atomic E-state index is 12.0. The first-order valence-electron chi connectivity index (χ1n) is 6.52. The molecule has 104 valence electrons. The summed E-state index contributed by atoms with van der Waals surface area (Å²) in [4.78, 5) is 23.9. The summed E-state index contributed by atoms with van der Waals surface area (Å²) in [5.41, 5.74) is 1.77. The molecule has 0 saturated heterocycles. The quantitative estimate of drug-likeness (QED) is 0.606. The first-order valence-corrected chi connectivity index (χ1v) is 6.52. The molecule has 1 aromatic heterocycles. The molecule has 1 aromatic rings. The summed E-state index contributed by atoms with van der Waals surface area (Å²) in [7, 11) is 0. The Kier molecular flexibility index (Phi) is 5.55. The van der Waals surface area contributed by atoms with Gasteiger partial charge in [-0.1, -0.05) is 12.2 Å². The van der Waals surface area contributed by atoms with Crippen LogP contribution < -0.4 is 5.56 Å². The number of allylic oxidation sites excluding steroid dienone is 2. The van der Waals surface area contributed by atoms with Crippen molar-refractivity contribution in [2.75, 3.05) is 6.61 Å². The molecule has 0 bridgehead atoms. The lowest BCUT2D eigenvalue weighted by atomic mass is 10.1. The molecular formula is C15H21NO3. The van der Waals surface area contributed by atoms with E-state index in [1.165, 1.54) is 6.07 Å². The fourth-order valence-corrected chi connectivity index (χ4v) is 2.08. The molecule has 1 rings (SSSR count). The minimum Gasteiger partial charge on any atom is -0.462 e. The number of hydrogen-bond acceptors (Lipinski definition) is 3. The van der Waals surface area contributed by atoms with E-state index in [4.69, 9.17) is 4.74 Å². The lowest BCUT2D eigenvalue weighted by molar-refractivity contribution is 0.0523. The number of aryl methyl sites for hydroxylation is 1. The molecule has 0 aliphatic heterocycles. The van der Waals surface area contributed by atoms with Crippen molar-refractivity contribution in [3.8, 4) is 0 Å². The van der Waals surface area contributed by atoms with Crippen LogP contribution in [0.3, 0.4) is 0 Å². The third-order valence-electron chi connectivity index (χ3n) is 3.00. The summed E-state index contributed by atoms with van der Waals surface area (Å²) < 4.78 is 6.67. The molecule has 0 radical (unpaired) electrons. The van der Waals surface area contributed by atoms with Gasteiger partial charge in [0.05, 0.1) is 12.2 Å². The number of aromatic nitrogens is 1. The van der Waals surface area contributed by atoms with Crippen molar-refractivity contribution in [3.05, 3.63) is 45.4 Å². The summed E-state index contributed by atoms with van der Waals surface area (Å²) >= 11 is 0. The van der Waals surface area contributed by atoms with Crippen molar-refractivity contribution in [1.29, 1.82) is 0 Å². The number of pyridine rings is 1. The Morgan fingerprint density at radius 2 is 2.11 bits per heavy atom. The highest BCUT2D eigenvalue weighted by Crippen LogP contribution is 2.13. The maximum atomic E-state index is 12.0. The molecule has 4 heteroatoms. The van der Waals surface area contributed by atoms with Crippen LogP contribution >= 0.6 is 0 Å². The normalized spacial score (nSPS) is 10.9. The van der Waals surface area contributed by atoms with Crippen molar-refractivity contribution in [1.82, 2.24) is 4.57 Å². The van der Waals surface area contributed by atoms with E-state index in [9.17, 15) is 9.59 Å². The highest BCUT2D eigenvalue weighted by Gasteiger charge is 2.17. The molecule has 0 amide bonds. The molecule has 0 unspecified atom stereocenters. The van der Waals surface area contributed by atoms with Gasteiger partial charge in [0.2, 0.25) is 0 Å². The number of ether oxygens (including phenoxy) is 1. The van der Waals surface area contributed by atoms with E-state index in [0.29, 0.717) is 30.0 Å². The summed E-state index contributed by atoms with van der Waals surface area (Å²) in [6.45, 7) is 8.16.